The fourth-order valence-corrected chi connectivity index (χ4v) is 9.03. The summed E-state index contributed by atoms with van der Waals surface area (Å²) in [5.74, 6) is -17.0. The minimum atomic E-state index is -1.46. The van der Waals surface area contributed by atoms with Gasteiger partial charge in [-0.3, -0.25) is 101 Å². The van der Waals surface area contributed by atoms with Crippen LogP contribution in [-0.2, 0) is 71.9 Å². The average molecular weight is 1290 g/mol. The summed E-state index contributed by atoms with van der Waals surface area (Å²) in [5, 5.41) is 107. The van der Waals surface area contributed by atoms with Gasteiger partial charge < -0.3 is 83.4 Å². The fourth-order valence-electron chi connectivity index (χ4n) is 9.03. The number of hydrogen-bond acceptors (Lipinski definition) is 22. The van der Waals surface area contributed by atoms with Crippen LogP contribution in [0.25, 0.3) is 0 Å². The summed E-state index contributed by atoms with van der Waals surface area (Å²) in [6, 6.07) is -5.29. The molecule has 0 aromatic carbocycles. The number of nitrogens with one attached hydrogen (secondary N) is 6. The highest BCUT2D eigenvalue weighted by atomic mass is 16.4. The summed E-state index contributed by atoms with van der Waals surface area (Å²) in [4.78, 5) is 187. The molecule has 1 rings (SSSR count). The molecule has 38 heteroatoms. The Bertz CT molecular complexity index is 2310. The number of carboxylic acids is 10. The van der Waals surface area contributed by atoms with Gasteiger partial charge >= 0.3 is 59.7 Å². The molecule has 4 atom stereocenters. The highest BCUT2D eigenvalue weighted by Gasteiger charge is 2.41. The van der Waals surface area contributed by atoms with E-state index in [1.165, 1.54) is 9.80 Å². The van der Waals surface area contributed by atoms with Crippen LogP contribution in [0, 0.1) is 0 Å². The molecule has 1 saturated carbocycles. The normalized spacial score (nSPS) is 13.9. The van der Waals surface area contributed by atoms with Crippen molar-refractivity contribution in [2.24, 2.45) is 5.73 Å². The van der Waals surface area contributed by atoms with Crippen LogP contribution in [0.15, 0.2) is 0 Å². The van der Waals surface area contributed by atoms with Crippen molar-refractivity contribution in [3.63, 3.8) is 0 Å². The number of carboxylic acid groups (broad SMARTS) is 10. The minimum Gasteiger partial charge on any atom is -0.480 e. The predicted octanol–water partition coefficient (Wildman–Crippen LogP) is -6.28. The van der Waals surface area contributed by atoms with Crippen molar-refractivity contribution in [1.82, 2.24) is 61.7 Å². The number of amides is 5. The summed E-state index contributed by atoms with van der Waals surface area (Å²) < 4.78 is 0. The van der Waals surface area contributed by atoms with Crippen LogP contribution >= 0.6 is 0 Å². The first-order valence-electron chi connectivity index (χ1n) is 28.7. The van der Waals surface area contributed by atoms with E-state index in [1.54, 1.807) is 0 Å². The van der Waals surface area contributed by atoms with Gasteiger partial charge in [-0.15, -0.1) is 0 Å². The Hall–Kier alpha value is -8.27. The first kappa shape index (κ1) is 79.7. The Morgan fingerprint density at radius 2 is 0.711 bits per heavy atom. The number of unbranched alkanes of at least 4 members (excludes halogenated alkanes) is 2. The van der Waals surface area contributed by atoms with Gasteiger partial charge in [-0.2, -0.15) is 0 Å². The van der Waals surface area contributed by atoms with Gasteiger partial charge in [0.2, 0.25) is 29.5 Å². The third kappa shape index (κ3) is 38.2. The van der Waals surface area contributed by atoms with Gasteiger partial charge in [0.25, 0.3) is 0 Å². The van der Waals surface area contributed by atoms with Crippen LogP contribution in [0.2, 0.25) is 0 Å². The second kappa shape index (κ2) is 42.6. The molecule has 2 unspecified atom stereocenters. The Kier molecular flexibility index (Phi) is 37.8. The molecule has 0 aromatic rings. The lowest BCUT2D eigenvalue weighted by molar-refractivity contribution is -0.146. The monoisotopic (exact) mass is 1290 g/mol. The molecule has 0 bridgehead atoms. The van der Waals surface area contributed by atoms with E-state index in [9.17, 15) is 123 Å². The van der Waals surface area contributed by atoms with Gasteiger partial charge in [0.15, 0.2) is 0 Å². The summed E-state index contributed by atoms with van der Waals surface area (Å²) in [6.07, 6.45) is 0.419. The second-order valence-corrected chi connectivity index (χ2v) is 21.4. The molecule has 509 valence electrons. The smallest absolute Gasteiger partial charge is 0.320 e. The largest absolute Gasteiger partial charge is 0.480 e. The van der Waals surface area contributed by atoms with Crippen molar-refractivity contribution in [2.45, 2.75) is 113 Å². The molecule has 0 saturated heterocycles. The number of carbonyl (C=O) groups is 15. The number of nitrogens with two attached hydrogens (primary N) is 1. The minimum absolute atomic E-state index is 0.0265. The van der Waals surface area contributed by atoms with E-state index in [0.29, 0.717) is 12.8 Å². The third-order valence-corrected chi connectivity index (χ3v) is 13.7. The lowest BCUT2D eigenvalue weighted by atomic mass is 10.1. The summed E-state index contributed by atoms with van der Waals surface area (Å²) in [7, 11) is 0. The van der Waals surface area contributed by atoms with Gasteiger partial charge in [-0.25, -0.2) is 5.73 Å². The van der Waals surface area contributed by atoms with Gasteiger partial charge in [-0.1, -0.05) is 0 Å². The molecule has 1 aliphatic rings. The zero-order chi connectivity index (χ0) is 68.1. The molecular formula is C52H86N13O25. The van der Waals surface area contributed by atoms with Gasteiger partial charge in [0, 0.05) is 91.3 Å². The van der Waals surface area contributed by atoms with Gasteiger partial charge in [0.05, 0.1) is 64.1 Å². The number of nitrogens with zero attached hydrogens (tertiary/aromatic N) is 6. The number of hydrogen-bond donors (Lipinski definition) is 16. The molecule has 0 aliphatic heterocycles. The van der Waals surface area contributed by atoms with Crippen LogP contribution < -0.4 is 38.1 Å². The first-order valence-corrected chi connectivity index (χ1v) is 28.7. The zero-order valence-electron chi connectivity index (χ0n) is 49.8. The van der Waals surface area contributed by atoms with E-state index in [1.807, 2.05) is 0 Å². The molecule has 5 amide bonds. The van der Waals surface area contributed by atoms with Crippen molar-refractivity contribution < 1.29 is 123 Å². The molecule has 1 fully saturated rings. The maximum atomic E-state index is 13.2. The van der Waals surface area contributed by atoms with Crippen molar-refractivity contribution in [1.29, 1.82) is 0 Å². The lowest BCUT2D eigenvalue weighted by Crippen LogP contribution is -2.53. The zero-order valence-corrected chi connectivity index (χ0v) is 49.8. The molecule has 0 spiro atoms. The third-order valence-electron chi connectivity index (χ3n) is 13.7. The topological polar surface area (TPSA) is 588 Å². The molecule has 18 N–H and O–H groups in total. The van der Waals surface area contributed by atoms with Gasteiger partial charge in [-0.05, 0) is 64.2 Å². The lowest BCUT2D eigenvalue weighted by Gasteiger charge is -2.32. The predicted molar refractivity (Wildman–Crippen MR) is 306 cm³/mol. The van der Waals surface area contributed by atoms with Crippen molar-refractivity contribution in [3.8, 4) is 0 Å². The summed E-state index contributed by atoms with van der Waals surface area (Å²) in [6.45, 7) is -8.13. The van der Waals surface area contributed by atoms with E-state index in [-0.39, 0.29) is 143 Å². The van der Waals surface area contributed by atoms with Crippen LogP contribution in [0.5, 0.6) is 0 Å². The molecule has 0 aromatic heterocycles. The summed E-state index contributed by atoms with van der Waals surface area (Å²) in [5.41, 5.74) is 13.4. The standard InChI is InChI=1S/C52H86N13O25/c53-33(5-1-3-14-55-37(66)9-7-35(50(87)88)64(21-17-60(25-40(69)70)26-41(71)72)22-18-61(27-42(73)74)28-43(75)76)48(85)57-16-11-39(68)58-34(49(86)59-52(54)12-13-52)6-2-4-15-56-38(67)10-8-36(51(89)90)65(23-19-62(29-44(77)78)30-45(79)80)24-20-63(31-46(81)82)32-47(83)84/h33-36,53H,1-32,54H2,(H,55,66)(H,56,67)(H,57,85)(H,58,68)(H,59,86)(H,69,70)(H,71,72)(H,73,74)(H,75,76)(H,77,78)(H,79,80)(H,81,82)(H,83,84)(H,87,88)(H,89,90)/t33-,34-,35?,36?/m0/s1. The van der Waals surface area contributed by atoms with E-state index in [2.05, 4.69) is 26.6 Å². The van der Waals surface area contributed by atoms with Crippen LogP contribution in [-0.4, -0.2) is 324 Å². The van der Waals surface area contributed by atoms with E-state index < -0.39 is 171 Å². The molecule has 1 aliphatic carbocycles. The summed E-state index contributed by atoms with van der Waals surface area (Å²) >= 11 is 0. The number of aliphatic carboxylic acids is 10. The van der Waals surface area contributed by atoms with E-state index in [0.717, 1.165) is 19.6 Å². The quantitative estimate of drug-likeness (QED) is 0.0199. The highest BCUT2D eigenvalue weighted by Crippen LogP contribution is 2.29. The Labute approximate surface area is 516 Å². The molecule has 0 heterocycles. The molecule has 38 nitrogen and oxygen atoms in total. The number of carbonyl (C=O) groups excluding carboxylic acids is 5. The Morgan fingerprint density at radius 3 is 1.01 bits per heavy atom. The highest BCUT2D eigenvalue weighted by molar-refractivity contribution is 5.89. The SMILES string of the molecule is [NH][C@@H](CCCCNC(=O)CCC(C(=O)O)N(CCN(CC(=O)O)CC(=O)O)CCN(CC(=O)O)CC(=O)O)C(=O)NCCC(=O)N[C@@H](CCCCNC(=O)CCC(C(=O)O)N(CCN(CC(=O)O)CC(=O)O)CCN(CC(=O)O)CC(=O)O)C(=O)NC1(N)CC1. The van der Waals surface area contributed by atoms with E-state index in [4.69, 9.17) is 11.5 Å². The first-order chi connectivity index (χ1) is 42.2. The Balaban J connectivity index is 2.78. The van der Waals surface area contributed by atoms with Crippen LogP contribution in [0.1, 0.15) is 83.5 Å². The van der Waals surface area contributed by atoms with Gasteiger partial charge in [0.1, 0.15) is 18.1 Å². The second-order valence-electron chi connectivity index (χ2n) is 21.4. The van der Waals surface area contributed by atoms with Crippen molar-refractivity contribution in [3.05, 3.63) is 0 Å². The maximum Gasteiger partial charge on any atom is 0.320 e. The van der Waals surface area contributed by atoms with Crippen LogP contribution in [0.4, 0.5) is 0 Å². The molecule has 1 radical (unpaired) electrons. The van der Waals surface area contributed by atoms with Crippen LogP contribution in [0.3, 0.4) is 0 Å². The molecular weight excluding hydrogens is 1210 g/mol. The number of rotatable bonds is 55. The fraction of sp³-hybridized carbons (Fsp3) is 0.712. The molecule has 90 heavy (non-hydrogen) atoms. The Morgan fingerprint density at radius 1 is 0.389 bits per heavy atom. The maximum absolute atomic E-state index is 13.2. The average Bonchev–Trinajstić information content (AvgIpc) is 2.30. The van der Waals surface area contributed by atoms with Crippen molar-refractivity contribution in [2.75, 3.05) is 124 Å². The van der Waals surface area contributed by atoms with Crippen molar-refractivity contribution >= 4 is 89.2 Å². The van der Waals surface area contributed by atoms with E-state index >= 15 is 0 Å².